The molecule has 1 nitrogen and oxygen atoms in total. The smallest absolute Gasteiger partial charge is 0.312 e. The van der Waals surface area contributed by atoms with Gasteiger partial charge >= 0.3 is 6.55 Å². The first-order chi connectivity index (χ1) is 6.13. The highest BCUT2D eigenvalue weighted by Gasteiger charge is 2.02. The highest BCUT2D eigenvalue weighted by atomic mass is 19.3. The minimum absolute atomic E-state index is 0.477. The summed E-state index contributed by atoms with van der Waals surface area (Å²) in [5.74, 6) is 0. The average molecular weight is 185 g/mol. The summed E-state index contributed by atoms with van der Waals surface area (Å²) in [6, 6.07) is 5.29. The van der Waals surface area contributed by atoms with E-state index in [2.05, 4.69) is 5.32 Å². The van der Waals surface area contributed by atoms with Gasteiger partial charge in [-0.25, -0.2) is 0 Å². The predicted octanol–water partition coefficient (Wildman–Crippen LogP) is 3.19. The van der Waals surface area contributed by atoms with Crippen molar-refractivity contribution in [3.8, 4) is 0 Å². The van der Waals surface area contributed by atoms with Crippen LogP contribution in [0.2, 0.25) is 0 Å². The third kappa shape index (κ3) is 2.68. The van der Waals surface area contributed by atoms with E-state index in [0.717, 1.165) is 12.0 Å². The molecule has 0 spiro atoms. The third-order valence-electron chi connectivity index (χ3n) is 2.00. The highest BCUT2D eigenvalue weighted by Crippen LogP contribution is 2.16. The number of halogens is 2. The van der Waals surface area contributed by atoms with Gasteiger partial charge in [-0.05, 0) is 36.6 Å². The van der Waals surface area contributed by atoms with Crippen molar-refractivity contribution in [2.75, 3.05) is 5.32 Å². The van der Waals surface area contributed by atoms with Gasteiger partial charge in [0.25, 0.3) is 0 Å². The summed E-state index contributed by atoms with van der Waals surface area (Å²) in [7, 11) is 0. The normalized spacial score (nSPS) is 10.5. The van der Waals surface area contributed by atoms with Gasteiger partial charge in [0.05, 0.1) is 0 Å². The molecule has 0 radical (unpaired) electrons. The van der Waals surface area contributed by atoms with Gasteiger partial charge in [0, 0.05) is 5.69 Å². The van der Waals surface area contributed by atoms with Gasteiger partial charge in [-0.1, -0.05) is 13.0 Å². The molecule has 0 amide bonds. The average Bonchev–Trinajstić information content (AvgIpc) is 2.03. The van der Waals surface area contributed by atoms with Crippen LogP contribution in [-0.4, -0.2) is 6.55 Å². The monoisotopic (exact) mass is 185 g/mol. The summed E-state index contributed by atoms with van der Waals surface area (Å²) in [4.78, 5) is 0. The summed E-state index contributed by atoms with van der Waals surface area (Å²) in [5, 5.41) is 2.06. The Hall–Kier alpha value is -1.12. The van der Waals surface area contributed by atoms with Crippen LogP contribution in [0.15, 0.2) is 18.2 Å². The van der Waals surface area contributed by atoms with Gasteiger partial charge in [0.15, 0.2) is 0 Å². The zero-order valence-electron chi connectivity index (χ0n) is 7.77. The van der Waals surface area contributed by atoms with Crippen molar-refractivity contribution in [2.45, 2.75) is 26.8 Å². The second-order valence-corrected chi connectivity index (χ2v) is 2.94. The van der Waals surface area contributed by atoms with Crippen LogP contribution in [0.4, 0.5) is 14.5 Å². The maximum absolute atomic E-state index is 11.9. The number of hydrogen-bond acceptors (Lipinski definition) is 1. The zero-order valence-corrected chi connectivity index (χ0v) is 7.77. The number of alkyl halides is 2. The fourth-order valence-corrected chi connectivity index (χ4v) is 1.31. The van der Waals surface area contributed by atoms with E-state index >= 15 is 0 Å². The van der Waals surface area contributed by atoms with Crippen LogP contribution in [0.25, 0.3) is 0 Å². The van der Waals surface area contributed by atoms with E-state index in [-0.39, 0.29) is 0 Å². The summed E-state index contributed by atoms with van der Waals surface area (Å²) in [6.45, 7) is 1.48. The lowest BCUT2D eigenvalue weighted by atomic mass is 10.1. The second-order valence-electron chi connectivity index (χ2n) is 2.94. The number of rotatable bonds is 3. The molecule has 72 valence electrons. The van der Waals surface area contributed by atoms with Crippen molar-refractivity contribution in [3.63, 3.8) is 0 Å². The summed E-state index contributed by atoms with van der Waals surface area (Å²) < 4.78 is 23.8. The van der Waals surface area contributed by atoms with E-state index in [0.29, 0.717) is 5.69 Å². The minimum Gasteiger partial charge on any atom is -0.330 e. The van der Waals surface area contributed by atoms with Crippen molar-refractivity contribution >= 4 is 5.69 Å². The molecule has 0 aliphatic rings. The van der Waals surface area contributed by atoms with E-state index in [4.69, 9.17) is 0 Å². The van der Waals surface area contributed by atoms with E-state index in [1.54, 1.807) is 12.1 Å². The Balaban J connectivity index is 2.83. The SMILES string of the molecule is CCc1ccc(NC(F)F)cc1C. The van der Waals surface area contributed by atoms with Crippen molar-refractivity contribution in [1.82, 2.24) is 0 Å². The lowest BCUT2D eigenvalue weighted by Crippen LogP contribution is -2.06. The molecular formula is C10H13F2N. The van der Waals surface area contributed by atoms with Gasteiger partial charge in [-0.3, -0.25) is 0 Å². The number of hydrogen-bond donors (Lipinski definition) is 1. The fraction of sp³-hybridized carbons (Fsp3) is 0.400. The molecule has 1 N–H and O–H groups in total. The molecular weight excluding hydrogens is 172 g/mol. The third-order valence-corrected chi connectivity index (χ3v) is 2.00. The first-order valence-corrected chi connectivity index (χ1v) is 4.27. The summed E-state index contributed by atoms with van der Waals surface area (Å²) >= 11 is 0. The van der Waals surface area contributed by atoms with E-state index < -0.39 is 6.55 Å². The second kappa shape index (κ2) is 4.21. The summed E-state index contributed by atoms with van der Waals surface area (Å²) in [6.07, 6.45) is 0.931. The Morgan fingerprint density at radius 2 is 2.08 bits per heavy atom. The Morgan fingerprint density at radius 1 is 1.38 bits per heavy atom. The standard InChI is InChI=1S/C10H13F2N/c1-3-8-4-5-9(6-7(8)2)13-10(11)12/h4-6,10,13H,3H2,1-2H3. The molecule has 3 heteroatoms. The molecule has 13 heavy (non-hydrogen) atoms. The number of benzene rings is 1. The fourth-order valence-electron chi connectivity index (χ4n) is 1.31. The number of anilines is 1. The number of aryl methyl sites for hydroxylation is 2. The Bertz CT molecular complexity index is 284. The van der Waals surface area contributed by atoms with Crippen molar-refractivity contribution < 1.29 is 8.78 Å². The van der Waals surface area contributed by atoms with Gasteiger partial charge < -0.3 is 5.32 Å². The van der Waals surface area contributed by atoms with E-state index in [9.17, 15) is 8.78 Å². The molecule has 1 aromatic rings. The maximum atomic E-state index is 11.9. The molecule has 0 aliphatic heterocycles. The molecule has 0 fully saturated rings. The van der Waals surface area contributed by atoms with E-state index in [1.807, 2.05) is 19.9 Å². The van der Waals surface area contributed by atoms with Crippen LogP contribution in [-0.2, 0) is 6.42 Å². The van der Waals surface area contributed by atoms with Crippen molar-refractivity contribution in [1.29, 1.82) is 0 Å². The van der Waals surface area contributed by atoms with E-state index in [1.165, 1.54) is 5.56 Å². The van der Waals surface area contributed by atoms with Gasteiger partial charge in [0.1, 0.15) is 0 Å². The first kappa shape index (κ1) is 9.96. The number of nitrogens with one attached hydrogen (secondary N) is 1. The molecule has 0 saturated carbocycles. The van der Waals surface area contributed by atoms with Crippen LogP contribution in [0.5, 0.6) is 0 Å². The first-order valence-electron chi connectivity index (χ1n) is 4.27. The molecule has 0 aliphatic carbocycles. The highest BCUT2D eigenvalue weighted by molar-refractivity contribution is 5.48. The topological polar surface area (TPSA) is 12.0 Å². The zero-order chi connectivity index (χ0) is 9.84. The molecule has 0 saturated heterocycles. The van der Waals surface area contributed by atoms with Gasteiger partial charge in [-0.2, -0.15) is 8.78 Å². The van der Waals surface area contributed by atoms with Crippen LogP contribution in [0.1, 0.15) is 18.1 Å². The molecule has 1 rings (SSSR count). The maximum Gasteiger partial charge on any atom is 0.312 e. The van der Waals surface area contributed by atoms with Gasteiger partial charge in [0.2, 0.25) is 0 Å². The molecule has 0 bridgehead atoms. The molecule has 0 atom stereocenters. The molecule has 1 aromatic carbocycles. The Labute approximate surface area is 76.8 Å². The summed E-state index contributed by atoms with van der Waals surface area (Å²) in [5.41, 5.74) is 2.72. The lowest BCUT2D eigenvalue weighted by Gasteiger charge is -2.08. The molecule has 0 unspecified atom stereocenters. The largest absolute Gasteiger partial charge is 0.330 e. The van der Waals surface area contributed by atoms with Gasteiger partial charge in [-0.15, -0.1) is 0 Å². The lowest BCUT2D eigenvalue weighted by molar-refractivity contribution is 0.181. The van der Waals surface area contributed by atoms with Crippen molar-refractivity contribution in [2.24, 2.45) is 0 Å². The van der Waals surface area contributed by atoms with Crippen LogP contribution < -0.4 is 5.32 Å². The Morgan fingerprint density at radius 3 is 2.54 bits per heavy atom. The van der Waals surface area contributed by atoms with Crippen LogP contribution in [0.3, 0.4) is 0 Å². The molecule has 0 aromatic heterocycles. The quantitative estimate of drug-likeness (QED) is 0.713. The van der Waals surface area contributed by atoms with Crippen LogP contribution >= 0.6 is 0 Å². The Kier molecular flexibility index (Phi) is 3.23. The predicted molar refractivity (Wildman–Crippen MR) is 50.2 cm³/mol. The van der Waals surface area contributed by atoms with Crippen LogP contribution in [0, 0.1) is 6.92 Å². The minimum atomic E-state index is -2.49. The van der Waals surface area contributed by atoms with Crippen molar-refractivity contribution in [3.05, 3.63) is 29.3 Å². The molecule has 0 heterocycles.